The Labute approximate surface area is 78.5 Å². The Morgan fingerprint density at radius 2 is 2.00 bits per heavy atom. The van der Waals surface area contributed by atoms with Crippen molar-refractivity contribution < 1.29 is 8.42 Å². The highest BCUT2D eigenvalue weighted by atomic mass is 32.2. The van der Waals surface area contributed by atoms with E-state index in [9.17, 15) is 8.42 Å². The predicted molar refractivity (Wildman–Crippen MR) is 49.2 cm³/mol. The Bertz CT molecular complexity index is 280. The zero-order chi connectivity index (χ0) is 9.47. The van der Waals surface area contributed by atoms with E-state index in [0.29, 0.717) is 25.6 Å². The van der Waals surface area contributed by atoms with Crippen molar-refractivity contribution in [3.05, 3.63) is 0 Å². The van der Waals surface area contributed by atoms with Crippen molar-refractivity contribution in [1.29, 1.82) is 0 Å². The molecule has 0 aromatic heterocycles. The van der Waals surface area contributed by atoms with Gasteiger partial charge in [0, 0.05) is 19.1 Å². The predicted octanol–water partition coefficient (Wildman–Crippen LogP) is -1.13. The summed E-state index contributed by atoms with van der Waals surface area (Å²) in [5, 5.41) is 0. The van der Waals surface area contributed by atoms with Gasteiger partial charge >= 0.3 is 0 Å². The van der Waals surface area contributed by atoms with Gasteiger partial charge in [0.1, 0.15) is 0 Å². The van der Waals surface area contributed by atoms with Gasteiger partial charge in [-0.1, -0.05) is 0 Å². The molecule has 5 nitrogen and oxygen atoms in total. The largest absolute Gasteiger partial charge is 0.330 e. The van der Waals surface area contributed by atoms with Crippen molar-refractivity contribution in [2.45, 2.75) is 18.9 Å². The maximum absolute atomic E-state index is 11.5. The summed E-state index contributed by atoms with van der Waals surface area (Å²) in [7, 11) is -3.18. The smallest absolute Gasteiger partial charge is 0.279 e. The Kier molecular flexibility index (Phi) is 2.31. The first-order chi connectivity index (χ1) is 6.12. The average Bonchev–Trinajstić information content (AvgIpc) is 2.67. The van der Waals surface area contributed by atoms with Crippen molar-refractivity contribution in [2.24, 2.45) is 11.7 Å². The van der Waals surface area contributed by atoms with Crippen LogP contribution < -0.4 is 10.5 Å². The van der Waals surface area contributed by atoms with Crippen molar-refractivity contribution in [3.8, 4) is 0 Å². The lowest BCUT2D eigenvalue weighted by atomic mass is 10.0. The van der Waals surface area contributed by atoms with E-state index >= 15 is 0 Å². The highest BCUT2D eigenvalue weighted by Gasteiger charge is 2.37. The zero-order valence-corrected chi connectivity index (χ0v) is 8.26. The van der Waals surface area contributed by atoms with Gasteiger partial charge in [-0.3, -0.25) is 0 Å². The summed E-state index contributed by atoms with van der Waals surface area (Å²) >= 11 is 0. The summed E-state index contributed by atoms with van der Waals surface area (Å²) in [5.41, 5.74) is 5.41. The van der Waals surface area contributed by atoms with Crippen LogP contribution in [0.4, 0.5) is 0 Å². The summed E-state index contributed by atoms with van der Waals surface area (Å²) in [6.45, 7) is 1.74. The lowest BCUT2D eigenvalue weighted by Crippen LogP contribution is -2.56. The SMILES string of the molecule is NCC1CN(S(=O)(=O)NC2CC2)C1. The standard InChI is InChI=1S/C7H15N3O2S/c8-3-6-4-10(5-6)13(11,12)9-7-1-2-7/h6-7,9H,1-5,8H2. The summed E-state index contributed by atoms with van der Waals surface area (Å²) in [6, 6.07) is 0.196. The average molecular weight is 205 g/mol. The number of hydrogen-bond acceptors (Lipinski definition) is 3. The third-order valence-corrected chi connectivity index (χ3v) is 4.10. The van der Waals surface area contributed by atoms with E-state index in [2.05, 4.69) is 4.72 Å². The minimum atomic E-state index is -3.18. The number of nitrogens with zero attached hydrogens (tertiary/aromatic N) is 1. The molecule has 0 aromatic rings. The van der Waals surface area contributed by atoms with Gasteiger partial charge in [0.25, 0.3) is 10.2 Å². The Morgan fingerprint density at radius 3 is 2.46 bits per heavy atom. The highest BCUT2D eigenvalue weighted by Crippen LogP contribution is 2.23. The van der Waals surface area contributed by atoms with E-state index in [1.807, 2.05) is 0 Å². The highest BCUT2D eigenvalue weighted by molar-refractivity contribution is 7.87. The quantitative estimate of drug-likeness (QED) is 0.610. The minimum absolute atomic E-state index is 0.196. The van der Waals surface area contributed by atoms with Crippen LogP contribution in [0.3, 0.4) is 0 Å². The lowest BCUT2D eigenvalue weighted by Gasteiger charge is -2.37. The van der Waals surface area contributed by atoms with Gasteiger partial charge in [-0.2, -0.15) is 17.4 Å². The van der Waals surface area contributed by atoms with Crippen LogP contribution in [0.5, 0.6) is 0 Å². The fourth-order valence-electron chi connectivity index (χ4n) is 1.35. The van der Waals surface area contributed by atoms with Crippen LogP contribution in [0.15, 0.2) is 0 Å². The molecule has 1 saturated heterocycles. The van der Waals surface area contributed by atoms with Gasteiger partial charge in [-0.25, -0.2) is 0 Å². The van der Waals surface area contributed by atoms with Crippen molar-refractivity contribution in [2.75, 3.05) is 19.6 Å². The van der Waals surface area contributed by atoms with Crippen LogP contribution in [-0.2, 0) is 10.2 Å². The van der Waals surface area contributed by atoms with Crippen LogP contribution in [-0.4, -0.2) is 38.4 Å². The van der Waals surface area contributed by atoms with Gasteiger partial charge in [-0.05, 0) is 25.3 Å². The molecule has 2 aliphatic rings. The first kappa shape index (κ1) is 9.39. The Hall–Kier alpha value is -0.170. The van der Waals surface area contributed by atoms with E-state index in [4.69, 9.17) is 5.73 Å². The van der Waals surface area contributed by atoms with Gasteiger partial charge in [0.15, 0.2) is 0 Å². The second kappa shape index (κ2) is 3.20. The fourth-order valence-corrected chi connectivity index (χ4v) is 2.97. The molecule has 0 unspecified atom stereocenters. The van der Waals surface area contributed by atoms with E-state index in [1.165, 1.54) is 4.31 Å². The molecule has 1 aliphatic carbocycles. The Morgan fingerprint density at radius 1 is 1.38 bits per heavy atom. The molecule has 0 bridgehead atoms. The summed E-state index contributed by atoms with van der Waals surface area (Å²) in [6.07, 6.45) is 1.96. The number of nitrogens with one attached hydrogen (secondary N) is 1. The van der Waals surface area contributed by atoms with Gasteiger partial charge in [0.05, 0.1) is 0 Å². The zero-order valence-electron chi connectivity index (χ0n) is 7.44. The summed E-state index contributed by atoms with van der Waals surface area (Å²) < 4.78 is 27.1. The molecule has 0 aromatic carbocycles. The van der Waals surface area contributed by atoms with Crippen LogP contribution in [0.25, 0.3) is 0 Å². The molecule has 0 spiro atoms. The molecular weight excluding hydrogens is 190 g/mol. The second-order valence-corrected chi connectivity index (χ2v) is 5.52. The van der Waals surface area contributed by atoms with Gasteiger partial charge in [-0.15, -0.1) is 0 Å². The summed E-state index contributed by atoms with van der Waals surface area (Å²) in [4.78, 5) is 0. The van der Waals surface area contributed by atoms with Crippen LogP contribution >= 0.6 is 0 Å². The van der Waals surface area contributed by atoms with Crippen molar-refractivity contribution in [1.82, 2.24) is 9.03 Å². The van der Waals surface area contributed by atoms with Crippen LogP contribution in [0.1, 0.15) is 12.8 Å². The molecule has 0 amide bonds. The molecule has 2 rings (SSSR count). The van der Waals surface area contributed by atoms with Gasteiger partial charge < -0.3 is 5.73 Å². The molecule has 3 N–H and O–H groups in total. The molecule has 1 aliphatic heterocycles. The minimum Gasteiger partial charge on any atom is -0.330 e. The lowest BCUT2D eigenvalue weighted by molar-refractivity contribution is 0.204. The van der Waals surface area contributed by atoms with Crippen molar-refractivity contribution >= 4 is 10.2 Å². The molecule has 13 heavy (non-hydrogen) atoms. The first-order valence-electron chi connectivity index (χ1n) is 4.59. The van der Waals surface area contributed by atoms with E-state index < -0.39 is 10.2 Å². The second-order valence-electron chi connectivity index (χ2n) is 3.82. The topological polar surface area (TPSA) is 75.4 Å². The Balaban J connectivity index is 1.85. The monoisotopic (exact) mass is 205 g/mol. The molecule has 2 fully saturated rings. The van der Waals surface area contributed by atoms with E-state index in [-0.39, 0.29) is 6.04 Å². The fraction of sp³-hybridized carbons (Fsp3) is 1.00. The molecule has 6 heteroatoms. The normalized spacial score (nSPS) is 25.9. The van der Waals surface area contributed by atoms with Crippen LogP contribution in [0, 0.1) is 5.92 Å². The number of hydrogen-bond donors (Lipinski definition) is 2. The molecule has 76 valence electrons. The maximum atomic E-state index is 11.5. The molecule has 1 heterocycles. The third kappa shape index (κ3) is 2.01. The molecule has 1 saturated carbocycles. The van der Waals surface area contributed by atoms with Gasteiger partial charge in [0.2, 0.25) is 0 Å². The third-order valence-electron chi connectivity index (χ3n) is 2.49. The van der Waals surface area contributed by atoms with Crippen molar-refractivity contribution in [3.63, 3.8) is 0 Å². The first-order valence-corrected chi connectivity index (χ1v) is 6.03. The number of rotatable bonds is 4. The molecule has 0 atom stereocenters. The molecular formula is C7H15N3O2S. The molecule has 0 radical (unpaired) electrons. The van der Waals surface area contributed by atoms with E-state index in [1.54, 1.807) is 0 Å². The maximum Gasteiger partial charge on any atom is 0.279 e. The summed E-state index contributed by atoms with van der Waals surface area (Å²) in [5.74, 6) is 0.357. The van der Waals surface area contributed by atoms with Crippen LogP contribution in [0.2, 0.25) is 0 Å². The van der Waals surface area contributed by atoms with E-state index in [0.717, 1.165) is 12.8 Å². The number of nitrogens with two attached hydrogens (primary N) is 1.